The van der Waals surface area contributed by atoms with Crippen molar-refractivity contribution in [3.63, 3.8) is 0 Å². The van der Waals surface area contributed by atoms with Crippen LogP contribution in [0.15, 0.2) is 16.7 Å². The number of rotatable bonds is 2. The lowest BCUT2D eigenvalue weighted by atomic mass is 9.97. The number of aryl methyl sites for hydroxylation is 3. The van der Waals surface area contributed by atoms with Gasteiger partial charge in [0, 0.05) is 5.56 Å². The van der Waals surface area contributed by atoms with Gasteiger partial charge in [0.25, 0.3) is 0 Å². The van der Waals surface area contributed by atoms with Crippen molar-refractivity contribution in [3.8, 4) is 22.6 Å². The molecule has 0 amide bonds. The Bertz CT molecular complexity index is 597. The van der Waals surface area contributed by atoms with Gasteiger partial charge < -0.3 is 14.0 Å². The predicted octanol–water partition coefficient (Wildman–Crippen LogP) is 3.29. The van der Waals surface area contributed by atoms with Gasteiger partial charge in [0.2, 0.25) is 0 Å². The minimum absolute atomic E-state index is 0.778. The van der Waals surface area contributed by atoms with E-state index in [1.54, 1.807) is 7.11 Å². The summed E-state index contributed by atoms with van der Waals surface area (Å²) in [6.45, 7) is 4.63. The van der Waals surface area contributed by atoms with Crippen LogP contribution in [-0.2, 0) is 6.42 Å². The molecule has 4 heteroatoms. The van der Waals surface area contributed by atoms with E-state index in [4.69, 9.17) is 14.0 Å². The van der Waals surface area contributed by atoms with Gasteiger partial charge >= 0.3 is 0 Å². The van der Waals surface area contributed by atoms with E-state index in [1.165, 1.54) is 5.56 Å². The molecule has 0 aliphatic carbocycles. The maximum atomic E-state index is 5.73. The van der Waals surface area contributed by atoms with Crippen LogP contribution in [0.1, 0.15) is 23.4 Å². The highest BCUT2D eigenvalue weighted by Crippen LogP contribution is 2.40. The second-order valence-corrected chi connectivity index (χ2v) is 4.81. The maximum Gasteiger partial charge on any atom is 0.141 e. The Labute approximate surface area is 112 Å². The number of hydrogen-bond donors (Lipinski definition) is 0. The summed E-state index contributed by atoms with van der Waals surface area (Å²) in [6, 6.07) is 4.11. The molecule has 1 aliphatic rings. The molecule has 100 valence electrons. The van der Waals surface area contributed by atoms with Gasteiger partial charge in [-0.05, 0) is 44.4 Å². The van der Waals surface area contributed by atoms with Gasteiger partial charge in [-0.25, -0.2) is 0 Å². The van der Waals surface area contributed by atoms with E-state index in [2.05, 4.69) is 11.2 Å². The number of hydrogen-bond acceptors (Lipinski definition) is 4. The summed E-state index contributed by atoms with van der Waals surface area (Å²) in [5.41, 5.74) is 4.05. The van der Waals surface area contributed by atoms with Crippen molar-refractivity contribution in [2.75, 3.05) is 13.7 Å². The van der Waals surface area contributed by atoms with Crippen LogP contribution in [0.3, 0.4) is 0 Å². The highest BCUT2D eigenvalue weighted by molar-refractivity contribution is 5.76. The molecule has 0 saturated heterocycles. The lowest BCUT2D eigenvalue weighted by Gasteiger charge is -2.20. The third-order valence-electron chi connectivity index (χ3n) is 3.53. The van der Waals surface area contributed by atoms with Crippen LogP contribution >= 0.6 is 0 Å². The fourth-order valence-corrected chi connectivity index (χ4v) is 2.61. The van der Waals surface area contributed by atoms with Crippen molar-refractivity contribution in [3.05, 3.63) is 29.2 Å². The van der Waals surface area contributed by atoms with Crippen LogP contribution in [0, 0.1) is 13.8 Å². The van der Waals surface area contributed by atoms with E-state index < -0.39 is 0 Å². The third kappa shape index (κ3) is 1.97. The molecule has 2 aromatic rings. The van der Waals surface area contributed by atoms with Gasteiger partial charge in [0.1, 0.15) is 17.3 Å². The van der Waals surface area contributed by atoms with Crippen LogP contribution in [0.2, 0.25) is 0 Å². The smallest absolute Gasteiger partial charge is 0.141 e. The highest BCUT2D eigenvalue weighted by Gasteiger charge is 2.20. The van der Waals surface area contributed by atoms with Crippen LogP contribution in [0.25, 0.3) is 11.1 Å². The molecule has 0 radical (unpaired) electrons. The molecule has 3 rings (SSSR count). The monoisotopic (exact) mass is 259 g/mol. The van der Waals surface area contributed by atoms with Crippen LogP contribution in [-0.4, -0.2) is 18.9 Å². The highest BCUT2D eigenvalue weighted by atomic mass is 16.5. The van der Waals surface area contributed by atoms with E-state index in [0.29, 0.717) is 0 Å². The standard InChI is InChI=1S/C15H17NO3/c1-9-15(10(2)19-16-9)12-8-13-11(5-4-6-18-13)7-14(12)17-3/h7-8H,4-6H2,1-3H3. The normalized spacial score (nSPS) is 13.8. The molecule has 4 nitrogen and oxygen atoms in total. The van der Waals surface area contributed by atoms with Crippen LogP contribution < -0.4 is 9.47 Å². The van der Waals surface area contributed by atoms with Crippen molar-refractivity contribution in [2.24, 2.45) is 0 Å². The number of methoxy groups -OCH3 is 1. The molecule has 0 N–H and O–H groups in total. The molecule has 0 spiro atoms. The Hall–Kier alpha value is -1.97. The quantitative estimate of drug-likeness (QED) is 0.830. The largest absolute Gasteiger partial charge is 0.496 e. The van der Waals surface area contributed by atoms with Crippen molar-refractivity contribution in [2.45, 2.75) is 26.7 Å². The fourth-order valence-electron chi connectivity index (χ4n) is 2.61. The fraction of sp³-hybridized carbons (Fsp3) is 0.400. The molecule has 1 aliphatic heterocycles. The molecular weight excluding hydrogens is 242 g/mol. The Balaban J connectivity index is 2.20. The van der Waals surface area contributed by atoms with E-state index in [0.717, 1.165) is 53.5 Å². The molecule has 0 fully saturated rings. The first-order chi connectivity index (χ1) is 9.20. The zero-order valence-electron chi connectivity index (χ0n) is 11.4. The Morgan fingerprint density at radius 3 is 2.79 bits per heavy atom. The minimum Gasteiger partial charge on any atom is -0.496 e. The second kappa shape index (κ2) is 4.61. The van der Waals surface area contributed by atoms with Gasteiger partial charge in [-0.2, -0.15) is 0 Å². The Morgan fingerprint density at radius 2 is 2.11 bits per heavy atom. The zero-order chi connectivity index (χ0) is 13.4. The first kappa shape index (κ1) is 12.1. The third-order valence-corrected chi connectivity index (χ3v) is 3.53. The lowest BCUT2D eigenvalue weighted by Crippen LogP contribution is -2.09. The van der Waals surface area contributed by atoms with Gasteiger partial charge in [-0.3, -0.25) is 0 Å². The van der Waals surface area contributed by atoms with Gasteiger partial charge in [-0.1, -0.05) is 5.16 Å². The van der Waals surface area contributed by atoms with E-state index in [1.807, 2.05) is 19.9 Å². The van der Waals surface area contributed by atoms with E-state index in [9.17, 15) is 0 Å². The van der Waals surface area contributed by atoms with Crippen LogP contribution in [0.5, 0.6) is 11.5 Å². The summed E-state index contributed by atoms with van der Waals surface area (Å²) in [7, 11) is 1.69. The minimum atomic E-state index is 0.778. The topological polar surface area (TPSA) is 44.5 Å². The van der Waals surface area contributed by atoms with Gasteiger partial charge in [0.05, 0.1) is 25.0 Å². The zero-order valence-corrected chi connectivity index (χ0v) is 11.4. The number of fused-ring (bicyclic) bond motifs is 1. The molecule has 1 aromatic carbocycles. The summed E-state index contributed by atoms with van der Waals surface area (Å²) in [5, 5.41) is 4.01. The Morgan fingerprint density at radius 1 is 1.26 bits per heavy atom. The molecule has 0 atom stereocenters. The molecule has 1 aromatic heterocycles. The first-order valence-electron chi connectivity index (χ1n) is 6.47. The predicted molar refractivity (Wildman–Crippen MR) is 71.8 cm³/mol. The average molecular weight is 259 g/mol. The molecule has 2 heterocycles. The number of aromatic nitrogens is 1. The summed E-state index contributed by atoms with van der Waals surface area (Å²) >= 11 is 0. The van der Waals surface area contributed by atoms with Gasteiger partial charge in [0.15, 0.2) is 0 Å². The number of nitrogens with zero attached hydrogens (tertiary/aromatic N) is 1. The van der Waals surface area contributed by atoms with E-state index >= 15 is 0 Å². The van der Waals surface area contributed by atoms with Crippen molar-refractivity contribution >= 4 is 0 Å². The molecular formula is C15H17NO3. The maximum absolute atomic E-state index is 5.73. The summed E-state index contributed by atoms with van der Waals surface area (Å²) in [4.78, 5) is 0. The van der Waals surface area contributed by atoms with Crippen molar-refractivity contribution < 1.29 is 14.0 Å². The average Bonchev–Trinajstić information content (AvgIpc) is 2.76. The molecule has 0 bridgehead atoms. The first-order valence-corrected chi connectivity index (χ1v) is 6.47. The van der Waals surface area contributed by atoms with Gasteiger partial charge in [-0.15, -0.1) is 0 Å². The summed E-state index contributed by atoms with van der Waals surface area (Å²) in [5.74, 6) is 2.59. The van der Waals surface area contributed by atoms with Crippen molar-refractivity contribution in [1.29, 1.82) is 0 Å². The second-order valence-electron chi connectivity index (χ2n) is 4.81. The molecule has 0 unspecified atom stereocenters. The molecule has 19 heavy (non-hydrogen) atoms. The lowest BCUT2D eigenvalue weighted by molar-refractivity contribution is 0.287. The van der Waals surface area contributed by atoms with Crippen molar-refractivity contribution in [1.82, 2.24) is 5.16 Å². The number of benzene rings is 1. The Kier molecular flexibility index (Phi) is 2.93. The molecule has 0 saturated carbocycles. The van der Waals surface area contributed by atoms with Crippen LogP contribution in [0.4, 0.5) is 0 Å². The summed E-state index contributed by atoms with van der Waals surface area (Å²) in [6.07, 6.45) is 2.09. The SMILES string of the molecule is COc1cc2c(cc1-c1c(C)noc1C)OCCC2. The van der Waals surface area contributed by atoms with E-state index in [-0.39, 0.29) is 0 Å². The number of ether oxygens (including phenoxy) is 2. The summed E-state index contributed by atoms with van der Waals surface area (Å²) < 4.78 is 16.5.